The maximum atomic E-state index is 14.1. The van der Waals surface area contributed by atoms with Gasteiger partial charge in [-0.2, -0.15) is 0 Å². The van der Waals surface area contributed by atoms with Gasteiger partial charge in [-0.3, -0.25) is 24.0 Å². The third kappa shape index (κ3) is 9.53. The number of phenols is 1. The van der Waals surface area contributed by atoms with E-state index >= 15 is 0 Å². The summed E-state index contributed by atoms with van der Waals surface area (Å²) in [5.41, 5.74) is 0.102. The van der Waals surface area contributed by atoms with Crippen molar-refractivity contribution in [2.24, 2.45) is 0 Å². The molecule has 0 aromatic heterocycles. The Balaban J connectivity index is 2.32. The van der Waals surface area contributed by atoms with Gasteiger partial charge in [0, 0.05) is 12.1 Å². The van der Waals surface area contributed by atoms with Gasteiger partial charge in [0.2, 0.25) is 0 Å². The molecule has 1 N–H and O–H groups in total. The van der Waals surface area contributed by atoms with Crippen molar-refractivity contribution in [3.63, 3.8) is 0 Å². The number of ether oxygens (including phenoxy) is 6. The molecule has 2 aromatic rings. The Hall–Kier alpha value is -5.08. The first-order valence-corrected chi connectivity index (χ1v) is 12.2. The van der Waals surface area contributed by atoms with E-state index < -0.39 is 48.5 Å². The zero-order chi connectivity index (χ0) is 31.2. The highest BCUT2D eigenvalue weighted by atomic mass is 19.1. The van der Waals surface area contributed by atoms with E-state index in [0.29, 0.717) is 6.29 Å². The zero-order valence-electron chi connectivity index (χ0n) is 23.4. The molecule has 0 saturated carbocycles. The molecule has 0 aliphatic rings. The minimum absolute atomic E-state index is 0.0104. The summed E-state index contributed by atoms with van der Waals surface area (Å²) >= 11 is 0. The molecule has 2 rings (SSSR count). The van der Waals surface area contributed by atoms with Gasteiger partial charge in [0.1, 0.15) is 62.5 Å². The molecule has 0 radical (unpaired) electrons. The summed E-state index contributed by atoms with van der Waals surface area (Å²) in [4.78, 5) is 61.8. The Morgan fingerprint density at radius 1 is 0.714 bits per heavy atom. The molecule has 0 aliphatic heterocycles. The summed E-state index contributed by atoms with van der Waals surface area (Å²) in [6.07, 6.45) is 0.379. The largest absolute Gasteiger partial charge is 0.507 e. The van der Waals surface area contributed by atoms with Crippen LogP contribution in [-0.4, -0.2) is 103 Å². The van der Waals surface area contributed by atoms with Crippen LogP contribution in [0.3, 0.4) is 0 Å². The second-order valence-corrected chi connectivity index (χ2v) is 8.32. The minimum atomic E-state index is -0.714. The summed E-state index contributed by atoms with van der Waals surface area (Å²) in [7, 11) is 4.64. The zero-order valence-corrected chi connectivity index (χ0v) is 23.4. The Bertz CT molecular complexity index is 1250. The van der Waals surface area contributed by atoms with Crippen molar-refractivity contribution in [3.05, 3.63) is 41.7 Å². The molecular weight excluding hydrogens is 563 g/mol. The number of carbonyl (C=O) groups is 5. The van der Waals surface area contributed by atoms with Gasteiger partial charge in [-0.15, -0.1) is 0 Å². The lowest BCUT2D eigenvalue weighted by Crippen LogP contribution is -2.36. The Labute approximate surface area is 240 Å². The summed E-state index contributed by atoms with van der Waals surface area (Å²) in [6, 6.07) is 5.79. The maximum Gasteiger partial charge on any atom is 0.325 e. The van der Waals surface area contributed by atoms with Gasteiger partial charge in [-0.1, -0.05) is 0 Å². The summed E-state index contributed by atoms with van der Waals surface area (Å²) in [5.74, 6) is -3.93. The van der Waals surface area contributed by atoms with Crippen LogP contribution in [0.4, 0.5) is 15.8 Å². The van der Waals surface area contributed by atoms with Crippen molar-refractivity contribution < 1.29 is 61.9 Å². The molecule has 0 spiro atoms. The molecule has 0 aliphatic carbocycles. The van der Waals surface area contributed by atoms with E-state index in [9.17, 15) is 33.5 Å². The lowest BCUT2D eigenvalue weighted by molar-refractivity contribution is -0.141. The molecule has 0 fully saturated rings. The smallest absolute Gasteiger partial charge is 0.325 e. The molecule has 0 heterocycles. The van der Waals surface area contributed by atoms with Crippen LogP contribution in [0.15, 0.2) is 30.3 Å². The van der Waals surface area contributed by atoms with E-state index in [1.54, 1.807) is 0 Å². The fourth-order valence-electron chi connectivity index (χ4n) is 3.53. The van der Waals surface area contributed by atoms with Crippen LogP contribution < -0.4 is 19.3 Å². The van der Waals surface area contributed by atoms with Gasteiger partial charge < -0.3 is 43.3 Å². The van der Waals surface area contributed by atoms with Crippen LogP contribution in [0, 0.1) is 5.82 Å². The van der Waals surface area contributed by atoms with Crippen molar-refractivity contribution in [1.82, 2.24) is 0 Å². The average molecular weight is 595 g/mol. The van der Waals surface area contributed by atoms with E-state index in [-0.39, 0.29) is 54.7 Å². The van der Waals surface area contributed by atoms with Crippen molar-refractivity contribution in [3.8, 4) is 17.2 Å². The van der Waals surface area contributed by atoms with Crippen LogP contribution in [0.5, 0.6) is 17.2 Å². The van der Waals surface area contributed by atoms with Crippen molar-refractivity contribution in [1.29, 1.82) is 0 Å². The molecule has 42 heavy (non-hydrogen) atoms. The number of benzene rings is 2. The molecule has 15 heteroatoms. The number of hydrogen-bond donors (Lipinski definition) is 1. The Morgan fingerprint density at radius 2 is 1.14 bits per heavy atom. The molecule has 0 amide bonds. The summed E-state index contributed by atoms with van der Waals surface area (Å²) in [5, 5.41) is 10.3. The van der Waals surface area contributed by atoms with E-state index in [1.807, 2.05) is 0 Å². The molecule has 228 valence electrons. The molecule has 2 aromatic carbocycles. The second kappa shape index (κ2) is 16.2. The Morgan fingerprint density at radius 3 is 1.57 bits per heavy atom. The quantitative estimate of drug-likeness (QED) is 0.127. The molecule has 0 atom stereocenters. The number of carbonyl (C=O) groups excluding carboxylic acids is 5. The highest BCUT2D eigenvalue weighted by Gasteiger charge is 2.23. The number of rotatable bonds is 16. The first kappa shape index (κ1) is 33.1. The number of hydrogen-bond acceptors (Lipinski definition) is 14. The number of aldehydes is 1. The van der Waals surface area contributed by atoms with Gasteiger partial charge in [0.05, 0.1) is 45.4 Å². The third-order valence-electron chi connectivity index (χ3n) is 5.63. The second-order valence-electron chi connectivity index (χ2n) is 8.32. The highest BCUT2D eigenvalue weighted by Crippen LogP contribution is 2.35. The lowest BCUT2D eigenvalue weighted by atomic mass is 10.1. The highest BCUT2D eigenvalue weighted by molar-refractivity contribution is 5.87. The SMILES string of the molecule is COC(=O)CN(CC(=O)OC)c1ccc(F)cc1OCCOc1cc(C=O)c(O)cc1N(CC(=O)OC)CC(=O)OC. The predicted octanol–water partition coefficient (Wildman–Crippen LogP) is 1.11. The van der Waals surface area contributed by atoms with E-state index in [0.717, 1.165) is 32.4 Å². The predicted molar refractivity (Wildman–Crippen MR) is 143 cm³/mol. The normalized spacial score (nSPS) is 10.2. The van der Waals surface area contributed by atoms with Crippen molar-refractivity contribution >= 4 is 41.5 Å². The molecule has 0 bridgehead atoms. The maximum absolute atomic E-state index is 14.1. The van der Waals surface area contributed by atoms with E-state index in [1.165, 1.54) is 36.2 Å². The van der Waals surface area contributed by atoms with Gasteiger partial charge in [-0.25, -0.2) is 4.39 Å². The molecule has 0 unspecified atom stereocenters. The average Bonchev–Trinajstić information content (AvgIpc) is 2.98. The van der Waals surface area contributed by atoms with Crippen LogP contribution in [-0.2, 0) is 38.1 Å². The third-order valence-corrected chi connectivity index (χ3v) is 5.63. The number of methoxy groups -OCH3 is 4. The number of esters is 4. The lowest BCUT2D eigenvalue weighted by Gasteiger charge is -2.26. The summed E-state index contributed by atoms with van der Waals surface area (Å²) < 4.78 is 44.3. The topological polar surface area (TPSA) is 167 Å². The van der Waals surface area contributed by atoms with Crippen molar-refractivity contribution in [2.45, 2.75) is 0 Å². The van der Waals surface area contributed by atoms with Crippen LogP contribution in [0.1, 0.15) is 10.4 Å². The number of anilines is 2. The van der Waals surface area contributed by atoms with E-state index in [2.05, 4.69) is 18.9 Å². The van der Waals surface area contributed by atoms with Gasteiger partial charge in [0.15, 0.2) is 6.29 Å². The molecule has 0 saturated heterocycles. The van der Waals surface area contributed by atoms with Gasteiger partial charge >= 0.3 is 23.9 Å². The van der Waals surface area contributed by atoms with Crippen LogP contribution >= 0.6 is 0 Å². The summed E-state index contributed by atoms with van der Waals surface area (Å²) in [6.45, 7) is -2.03. The molecule has 14 nitrogen and oxygen atoms in total. The number of aromatic hydroxyl groups is 1. The first-order valence-electron chi connectivity index (χ1n) is 12.2. The van der Waals surface area contributed by atoms with Crippen LogP contribution in [0.25, 0.3) is 0 Å². The van der Waals surface area contributed by atoms with Crippen molar-refractivity contribution in [2.75, 3.05) is 77.6 Å². The monoisotopic (exact) mass is 594 g/mol. The standard InChI is InChI=1S/C27H31FN2O12/c1-37-24(33)12-29(13-25(34)38-2)19-6-5-18(28)10-23(19)42-8-7-41-22-9-17(16-31)21(32)11-20(22)30(14-26(35)39-3)15-27(36)40-4/h5-6,9-11,16,32H,7-8,12-15H2,1-4H3. The minimum Gasteiger partial charge on any atom is -0.507 e. The van der Waals surface area contributed by atoms with Crippen LogP contribution in [0.2, 0.25) is 0 Å². The number of phenolic OH excluding ortho intramolecular Hbond substituents is 1. The number of nitrogens with zero attached hydrogens (tertiary/aromatic N) is 2. The first-order chi connectivity index (χ1) is 20.1. The van der Waals surface area contributed by atoms with Gasteiger partial charge in [0.25, 0.3) is 0 Å². The van der Waals surface area contributed by atoms with Gasteiger partial charge in [-0.05, 0) is 18.2 Å². The fraction of sp³-hybridized carbons (Fsp3) is 0.370. The van der Waals surface area contributed by atoms with E-state index in [4.69, 9.17) is 9.47 Å². The molecular formula is C27H31FN2O12. The fourth-order valence-corrected chi connectivity index (χ4v) is 3.53. The Kier molecular flexibility index (Phi) is 12.8. The number of halogens is 1.